The van der Waals surface area contributed by atoms with Crippen LogP contribution in [0.4, 0.5) is 19.0 Å². The monoisotopic (exact) mass is 612 g/mol. The molecule has 1 fully saturated rings. The fraction of sp³-hybridized carbons (Fsp3) is 0.500. The summed E-state index contributed by atoms with van der Waals surface area (Å²) in [5.41, 5.74) is -2.95. The van der Waals surface area contributed by atoms with Gasteiger partial charge in [0.25, 0.3) is 0 Å². The summed E-state index contributed by atoms with van der Waals surface area (Å²) in [6, 6.07) is 6.11. The number of rotatable bonds is 10. The number of fused-ring (bicyclic) bond motifs is 1. The lowest BCUT2D eigenvalue weighted by Crippen LogP contribution is -2.47. The molecule has 1 aliphatic heterocycles. The molecule has 2 N–H and O–H groups in total. The number of halogens is 3. The van der Waals surface area contributed by atoms with Gasteiger partial charge in [-0.25, -0.2) is 22.8 Å². The number of aryl methyl sites for hydroxylation is 1. The molecule has 1 aliphatic rings. The maximum absolute atomic E-state index is 15.4. The molecule has 2 atom stereocenters. The maximum atomic E-state index is 15.4. The predicted octanol–water partition coefficient (Wildman–Crippen LogP) is 4.16. The molecule has 0 amide bonds. The first-order valence-corrected chi connectivity index (χ1v) is 15.1. The van der Waals surface area contributed by atoms with Gasteiger partial charge in [0, 0.05) is 30.1 Å². The van der Waals surface area contributed by atoms with Crippen molar-refractivity contribution in [2.24, 2.45) is 0 Å². The minimum absolute atomic E-state index is 0.0349. The third-order valence-corrected chi connectivity index (χ3v) is 8.31. The van der Waals surface area contributed by atoms with Gasteiger partial charge in [-0.1, -0.05) is 12.1 Å². The first-order valence-electron chi connectivity index (χ1n) is 13.2. The summed E-state index contributed by atoms with van der Waals surface area (Å²) >= 11 is 0. The zero-order valence-corrected chi connectivity index (χ0v) is 25.1. The number of aliphatic hydroxyl groups is 1. The Hall–Kier alpha value is -3.20. The Morgan fingerprint density at radius 1 is 1.24 bits per heavy atom. The third-order valence-electron chi connectivity index (χ3n) is 7.04. The van der Waals surface area contributed by atoms with Gasteiger partial charge in [0.05, 0.1) is 37.1 Å². The summed E-state index contributed by atoms with van der Waals surface area (Å²) in [6.07, 6.45) is 0.624. The van der Waals surface area contributed by atoms with Gasteiger partial charge in [-0.05, 0) is 39.8 Å². The molecule has 0 unspecified atom stereocenters. The number of hydrogen-bond donors (Lipinski definition) is 2. The predicted molar refractivity (Wildman–Crippen MR) is 151 cm³/mol. The Balaban J connectivity index is 1.64. The van der Waals surface area contributed by atoms with Crippen molar-refractivity contribution in [2.45, 2.75) is 51.4 Å². The normalized spacial score (nSPS) is 17.7. The molecule has 1 saturated heterocycles. The molecule has 2 aromatic carbocycles. The summed E-state index contributed by atoms with van der Waals surface area (Å²) in [6.45, 7) is 5.78. The third kappa shape index (κ3) is 6.56. The summed E-state index contributed by atoms with van der Waals surface area (Å²) in [4.78, 5) is 8.92. The Bertz CT molecular complexity index is 1570. The first-order chi connectivity index (χ1) is 19.5. The van der Waals surface area contributed by atoms with Gasteiger partial charge in [-0.15, -0.1) is 0 Å². The molecular weight excluding hydrogens is 577 g/mol. The average Bonchev–Trinajstić information content (AvgIpc) is 2.90. The van der Waals surface area contributed by atoms with Gasteiger partial charge in [-0.3, -0.25) is 0 Å². The number of ether oxygens (including phenoxy) is 3. The van der Waals surface area contributed by atoms with Gasteiger partial charge >= 0.3 is 5.92 Å². The molecule has 4 rings (SSSR count). The Labute approximate surface area is 242 Å². The van der Waals surface area contributed by atoms with Crippen molar-refractivity contribution >= 4 is 26.7 Å². The molecule has 14 heteroatoms. The number of benzene rings is 2. The highest BCUT2D eigenvalue weighted by molar-refractivity contribution is 7.88. The van der Waals surface area contributed by atoms with Crippen molar-refractivity contribution in [3.05, 3.63) is 53.1 Å². The molecule has 0 bridgehead atoms. The number of methoxy groups -OCH3 is 1. The minimum atomic E-state index is -3.84. The molecule has 230 valence electrons. The Morgan fingerprint density at radius 3 is 2.60 bits per heavy atom. The number of aromatic nitrogens is 2. The fourth-order valence-electron chi connectivity index (χ4n) is 4.65. The number of nitrogens with zero attached hydrogens (tertiary/aromatic N) is 3. The van der Waals surface area contributed by atoms with Gasteiger partial charge in [0.1, 0.15) is 35.8 Å². The second-order valence-corrected chi connectivity index (χ2v) is 12.8. The van der Waals surface area contributed by atoms with E-state index in [4.69, 9.17) is 14.2 Å². The lowest BCUT2D eigenvalue weighted by Gasteiger charge is -2.31. The number of morpholine rings is 1. The van der Waals surface area contributed by atoms with E-state index >= 15 is 4.39 Å². The molecule has 0 saturated carbocycles. The fourth-order valence-corrected chi connectivity index (χ4v) is 5.49. The van der Waals surface area contributed by atoms with Crippen LogP contribution in [0.5, 0.6) is 11.5 Å². The first kappa shape index (κ1) is 31.7. The van der Waals surface area contributed by atoms with Crippen LogP contribution in [0.2, 0.25) is 0 Å². The topological polar surface area (TPSA) is 123 Å². The average molecular weight is 613 g/mol. The summed E-state index contributed by atoms with van der Waals surface area (Å²) in [5.74, 6) is -3.61. The van der Waals surface area contributed by atoms with E-state index in [0.717, 1.165) is 26.2 Å². The van der Waals surface area contributed by atoms with Gasteiger partial charge in [0.15, 0.2) is 11.5 Å². The Kier molecular flexibility index (Phi) is 8.93. The molecule has 1 aromatic heterocycles. The van der Waals surface area contributed by atoms with E-state index in [1.54, 1.807) is 26.0 Å². The van der Waals surface area contributed by atoms with Crippen LogP contribution in [0.1, 0.15) is 43.8 Å². The Morgan fingerprint density at radius 2 is 1.95 bits per heavy atom. The van der Waals surface area contributed by atoms with Crippen LogP contribution in [-0.4, -0.2) is 79.2 Å². The van der Waals surface area contributed by atoms with Crippen LogP contribution in [0.25, 0.3) is 10.9 Å². The number of anilines is 1. The van der Waals surface area contributed by atoms with Crippen molar-refractivity contribution < 1.29 is 40.9 Å². The molecule has 0 radical (unpaired) electrons. The molecule has 2 heterocycles. The molecule has 42 heavy (non-hydrogen) atoms. The highest BCUT2D eigenvalue weighted by Gasteiger charge is 2.49. The number of hydrogen-bond acceptors (Lipinski definition) is 9. The highest BCUT2D eigenvalue weighted by atomic mass is 32.2. The van der Waals surface area contributed by atoms with Crippen molar-refractivity contribution in [1.29, 1.82) is 0 Å². The molecule has 3 aromatic rings. The molecule has 10 nitrogen and oxygen atoms in total. The highest BCUT2D eigenvalue weighted by Crippen LogP contribution is 2.42. The molecule has 0 spiro atoms. The second kappa shape index (κ2) is 11.8. The number of alkyl halides is 2. The lowest BCUT2D eigenvalue weighted by molar-refractivity contribution is -0.170. The molecule has 0 aliphatic carbocycles. The SMILES string of the molecule is COc1cc2nc(C)nc(N[C@H](C)c3cccc(C(F)(F)C(C)(C)O)c3F)c2cc1OC[C@@H]1CN(S(C)(=O)=O)CCO1. The lowest BCUT2D eigenvalue weighted by atomic mass is 9.91. The summed E-state index contributed by atoms with van der Waals surface area (Å²) in [7, 11) is -1.92. The quantitative estimate of drug-likeness (QED) is 0.348. The zero-order valence-electron chi connectivity index (χ0n) is 24.2. The zero-order chi connectivity index (χ0) is 31.0. The van der Waals surface area contributed by atoms with Crippen molar-refractivity contribution in [3.8, 4) is 11.5 Å². The van der Waals surface area contributed by atoms with Gasteiger partial charge in [-0.2, -0.15) is 13.1 Å². The molecular formula is C28H35F3N4O6S. The van der Waals surface area contributed by atoms with Crippen LogP contribution in [0.3, 0.4) is 0 Å². The smallest absolute Gasteiger partial charge is 0.303 e. The van der Waals surface area contributed by atoms with E-state index in [1.807, 2.05) is 0 Å². The summed E-state index contributed by atoms with van der Waals surface area (Å²) in [5, 5.41) is 13.6. The van der Waals surface area contributed by atoms with Crippen molar-refractivity contribution in [3.63, 3.8) is 0 Å². The van der Waals surface area contributed by atoms with Crippen molar-refractivity contribution in [1.82, 2.24) is 14.3 Å². The number of nitrogens with one attached hydrogen (secondary N) is 1. The van der Waals surface area contributed by atoms with E-state index in [2.05, 4.69) is 15.3 Å². The number of sulfonamides is 1. The largest absolute Gasteiger partial charge is 0.493 e. The minimum Gasteiger partial charge on any atom is -0.493 e. The standard InChI is InChI=1S/C28H35F3N4O6S/c1-16(19-8-7-9-21(25(19)29)28(30,31)27(3,4)36)32-26-20-12-24(23(39-5)13-22(20)33-17(2)34-26)41-15-18-14-35(10-11-40-18)42(6,37)38/h7-9,12-13,16,18,36H,10-11,14-15H2,1-6H3,(H,32,33,34)/t16-,18+/m1/s1. The van der Waals surface area contributed by atoms with E-state index in [1.165, 1.54) is 23.5 Å². The van der Waals surface area contributed by atoms with Crippen LogP contribution in [0.15, 0.2) is 30.3 Å². The van der Waals surface area contributed by atoms with Crippen LogP contribution in [0, 0.1) is 12.7 Å². The van der Waals surface area contributed by atoms with Crippen LogP contribution >= 0.6 is 0 Å². The van der Waals surface area contributed by atoms with Crippen LogP contribution < -0.4 is 14.8 Å². The van der Waals surface area contributed by atoms with Crippen LogP contribution in [-0.2, 0) is 20.7 Å². The summed E-state index contributed by atoms with van der Waals surface area (Å²) < 4.78 is 87.6. The van der Waals surface area contributed by atoms with E-state index in [0.29, 0.717) is 34.0 Å². The van der Waals surface area contributed by atoms with Crippen molar-refractivity contribution in [2.75, 3.05) is 45.0 Å². The van der Waals surface area contributed by atoms with E-state index in [9.17, 15) is 22.3 Å². The van der Waals surface area contributed by atoms with Gasteiger partial charge in [0.2, 0.25) is 10.0 Å². The van der Waals surface area contributed by atoms with E-state index < -0.39 is 45.1 Å². The second-order valence-electron chi connectivity index (χ2n) is 10.8. The maximum Gasteiger partial charge on any atom is 0.303 e. The van der Waals surface area contributed by atoms with E-state index in [-0.39, 0.29) is 31.9 Å². The van der Waals surface area contributed by atoms with Gasteiger partial charge < -0.3 is 24.6 Å².